The lowest BCUT2D eigenvalue weighted by atomic mass is 10.1. The summed E-state index contributed by atoms with van der Waals surface area (Å²) in [6, 6.07) is 9.41. The molecule has 0 radical (unpaired) electrons. The highest BCUT2D eigenvalue weighted by Gasteiger charge is 2.23. The molecule has 1 heterocycles. The van der Waals surface area contributed by atoms with Crippen molar-refractivity contribution in [2.75, 3.05) is 33.3 Å². The number of carbonyl (C=O) groups excluding carboxylic acids is 1. The van der Waals surface area contributed by atoms with Gasteiger partial charge in [-0.25, -0.2) is 4.39 Å². The lowest BCUT2D eigenvalue weighted by Crippen LogP contribution is -2.48. The van der Waals surface area contributed by atoms with E-state index in [1.807, 2.05) is 0 Å². The van der Waals surface area contributed by atoms with Crippen molar-refractivity contribution < 1.29 is 13.9 Å². The summed E-state index contributed by atoms with van der Waals surface area (Å²) in [5, 5.41) is 0.798. The summed E-state index contributed by atoms with van der Waals surface area (Å²) < 4.78 is 18.8. The molecule has 0 aromatic heterocycles. The van der Waals surface area contributed by atoms with Gasteiger partial charge in [0, 0.05) is 43.9 Å². The van der Waals surface area contributed by atoms with Crippen LogP contribution in [0.15, 0.2) is 36.4 Å². The maximum absolute atomic E-state index is 13.5. The minimum absolute atomic E-state index is 0.0634. The van der Waals surface area contributed by atoms with Crippen LogP contribution in [0.3, 0.4) is 0 Å². The summed E-state index contributed by atoms with van der Waals surface area (Å²) in [4.78, 5) is 16.6. The molecule has 7 heteroatoms. The Labute approximate surface area is 162 Å². The molecule has 0 unspecified atom stereocenters. The van der Waals surface area contributed by atoms with E-state index in [9.17, 15) is 9.18 Å². The second-order valence-electron chi connectivity index (χ2n) is 6.15. The lowest BCUT2D eigenvalue weighted by molar-refractivity contribution is 0.0627. The normalized spacial score (nSPS) is 15.2. The molecule has 138 valence electrons. The Hall–Kier alpha value is -1.82. The van der Waals surface area contributed by atoms with Gasteiger partial charge in [0.2, 0.25) is 0 Å². The number of piperazine rings is 1. The summed E-state index contributed by atoms with van der Waals surface area (Å²) in [6.45, 7) is 3.17. The highest BCUT2D eigenvalue weighted by Crippen LogP contribution is 2.24. The molecule has 0 aliphatic carbocycles. The van der Waals surface area contributed by atoms with Gasteiger partial charge >= 0.3 is 0 Å². The maximum atomic E-state index is 13.5. The van der Waals surface area contributed by atoms with Crippen LogP contribution in [0.4, 0.5) is 4.39 Å². The third kappa shape index (κ3) is 4.29. The van der Waals surface area contributed by atoms with E-state index >= 15 is 0 Å². The number of benzene rings is 2. The summed E-state index contributed by atoms with van der Waals surface area (Å²) in [5.74, 6) is 0.321. The number of ether oxygens (including phenoxy) is 1. The van der Waals surface area contributed by atoms with Crippen LogP contribution >= 0.6 is 23.2 Å². The van der Waals surface area contributed by atoms with E-state index in [1.165, 1.54) is 12.1 Å². The van der Waals surface area contributed by atoms with Gasteiger partial charge in [0.15, 0.2) is 0 Å². The van der Waals surface area contributed by atoms with Crippen LogP contribution in [-0.4, -0.2) is 49.0 Å². The molecule has 3 rings (SSSR count). The van der Waals surface area contributed by atoms with Crippen LogP contribution in [0.5, 0.6) is 5.75 Å². The number of amides is 1. The zero-order valence-corrected chi connectivity index (χ0v) is 15.9. The topological polar surface area (TPSA) is 32.8 Å². The fourth-order valence-corrected chi connectivity index (χ4v) is 3.33. The number of carbonyl (C=O) groups is 1. The third-order valence-electron chi connectivity index (χ3n) is 4.46. The van der Waals surface area contributed by atoms with Crippen LogP contribution < -0.4 is 4.74 Å². The van der Waals surface area contributed by atoms with Gasteiger partial charge in [-0.05, 0) is 36.4 Å². The Morgan fingerprint density at radius 1 is 1.08 bits per heavy atom. The maximum Gasteiger partial charge on any atom is 0.253 e. The van der Waals surface area contributed by atoms with Crippen molar-refractivity contribution in [1.29, 1.82) is 0 Å². The molecule has 0 atom stereocenters. The van der Waals surface area contributed by atoms with E-state index in [1.54, 1.807) is 36.3 Å². The van der Waals surface area contributed by atoms with Crippen LogP contribution in [0.2, 0.25) is 10.0 Å². The number of hydrogen-bond donors (Lipinski definition) is 0. The van der Waals surface area contributed by atoms with Crippen molar-refractivity contribution in [2.45, 2.75) is 6.54 Å². The number of nitrogens with zero attached hydrogens (tertiary/aromatic N) is 2. The standard InChI is InChI=1S/C19H19Cl2FN2O2/c1-26-18-5-3-15(22)10-14(18)12-23-6-8-24(9-7-23)19(25)13-2-4-16(20)17(21)11-13/h2-5,10-11H,6-9,12H2,1H3. The number of halogens is 3. The van der Waals surface area contributed by atoms with Gasteiger partial charge in [-0.15, -0.1) is 0 Å². The minimum atomic E-state index is -0.283. The van der Waals surface area contributed by atoms with Gasteiger partial charge < -0.3 is 9.64 Å². The molecule has 1 fully saturated rings. The predicted octanol–water partition coefficient (Wildman–Crippen LogP) is 4.10. The molecule has 1 aliphatic heterocycles. The van der Waals surface area contributed by atoms with Gasteiger partial charge in [-0.1, -0.05) is 23.2 Å². The summed E-state index contributed by atoms with van der Waals surface area (Å²) in [5.41, 5.74) is 1.33. The molecule has 26 heavy (non-hydrogen) atoms. The van der Waals surface area contributed by atoms with Crippen LogP contribution in [0.1, 0.15) is 15.9 Å². The first-order chi connectivity index (χ1) is 12.5. The average Bonchev–Trinajstić information content (AvgIpc) is 2.64. The number of hydrogen-bond acceptors (Lipinski definition) is 3. The monoisotopic (exact) mass is 396 g/mol. The first-order valence-electron chi connectivity index (χ1n) is 8.27. The van der Waals surface area contributed by atoms with Crippen molar-refractivity contribution in [3.8, 4) is 5.75 Å². The quantitative estimate of drug-likeness (QED) is 0.779. The molecule has 1 aliphatic rings. The van der Waals surface area contributed by atoms with Crippen molar-refractivity contribution in [1.82, 2.24) is 9.80 Å². The van der Waals surface area contributed by atoms with E-state index in [2.05, 4.69) is 4.90 Å². The zero-order valence-electron chi connectivity index (χ0n) is 14.3. The van der Waals surface area contributed by atoms with Gasteiger partial charge in [0.05, 0.1) is 17.2 Å². The molecule has 0 spiro atoms. The SMILES string of the molecule is COc1ccc(F)cc1CN1CCN(C(=O)c2ccc(Cl)c(Cl)c2)CC1. The van der Waals surface area contributed by atoms with Crippen LogP contribution in [-0.2, 0) is 6.54 Å². The molecule has 1 amide bonds. The Morgan fingerprint density at radius 3 is 2.46 bits per heavy atom. The van der Waals surface area contributed by atoms with E-state index < -0.39 is 0 Å². The van der Waals surface area contributed by atoms with Gasteiger partial charge in [0.25, 0.3) is 5.91 Å². The van der Waals surface area contributed by atoms with Crippen LogP contribution in [0.25, 0.3) is 0 Å². The van der Waals surface area contributed by atoms with Gasteiger partial charge in [-0.2, -0.15) is 0 Å². The fraction of sp³-hybridized carbons (Fsp3) is 0.316. The first-order valence-corrected chi connectivity index (χ1v) is 9.02. The smallest absolute Gasteiger partial charge is 0.253 e. The lowest BCUT2D eigenvalue weighted by Gasteiger charge is -2.35. The highest BCUT2D eigenvalue weighted by atomic mass is 35.5. The fourth-order valence-electron chi connectivity index (χ4n) is 3.03. The highest BCUT2D eigenvalue weighted by molar-refractivity contribution is 6.42. The Balaban J connectivity index is 1.61. The van der Waals surface area contributed by atoms with Crippen molar-refractivity contribution in [2.24, 2.45) is 0 Å². The zero-order chi connectivity index (χ0) is 18.7. The summed E-state index contributed by atoms with van der Waals surface area (Å²) in [7, 11) is 1.57. The second kappa shape index (κ2) is 8.25. The predicted molar refractivity (Wildman–Crippen MR) is 101 cm³/mol. The van der Waals surface area contributed by atoms with E-state index in [0.717, 1.165) is 5.56 Å². The second-order valence-corrected chi connectivity index (χ2v) is 6.97. The summed E-state index contributed by atoms with van der Waals surface area (Å²) >= 11 is 11.9. The molecular weight excluding hydrogens is 378 g/mol. The van der Waals surface area contributed by atoms with Gasteiger partial charge in [0.1, 0.15) is 11.6 Å². The molecule has 1 saturated heterocycles. The average molecular weight is 397 g/mol. The molecule has 0 saturated carbocycles. The van der Waals surface area contributed by atoms with Crippen LogP contribution in [0, 0.1) is 5.82 Å². The van der Waals surface area contributed by atoms with Crippen molar-refractivity contribution >= 4 is 29.1 Å². The van der Waals surface area contributed by atoms with E-state index in [-0.39, 0.29) is 11.7 Å². The largest absolute Gasteiger partial charge is 0.496 e. The first kappa shape index (κ1) is 19.0. The number of methoxy groups -OCH3 is 1. The molecule has 4 nitrogen and oxygen atoms in total. The van der Waals surface area contributed by atoms with Gasteiger partial charge in [-0.3, -0.25) is 9.69 Å². The minimum Gasteiger partial charge on any atom is -0.496 e. The molecule has 2 aromatic carbocycles. The Morgan fingerprint density at radius 2 is 1.81 bits per heavy atom. The molecule has 0 bridgehead atoms. The number of rotatable bonds is 4. The molecule has 2 aromatic rings. The van der Waals surface area contributed by atoms with E-state index in [0.29, 0.717) is 54.1 Å². The third-order valence-corrected chi connectivity index (χ3v) is 5.20. The van der Waals surface area contributed by atoms with E-state index in [4.69, 9.17) is 27.9 Å². The van der Waals surface area contributed by atoms with Crippen molar-refractivity contribution in [3.63, 3.8) is 0 Å². The molecular formula is C19H19Cl2FN2O2. The summed E-state index contributed by atoms with van der Waals surface area (Å²) in [6.07, 6.45) is 0. The Kier molecular flexibility index (Phi) is 6.01. The molecule has 0 N–H and O–H groups in total. The van der Waals surface area contributed by atoms with Crippen molar-refractivity contribution in [3.05, 3.63) is 63.4 Å². The Bertz CT molecular complexity index is 808.